The lowest BCUT2D eigenvalue weighted by Gasteiger charge is -2.25. The molecular weight excluding hydrogens is 198 g/mol. The Balaban J connectivity index is 2.03. The zero-order valence-electron chi connectivity index (χ0n) is 8.50. The number of hydrogen-bond donors (Lipinski definition) is 0. The summed E-state index contributed by atoms with van der Waals surface area (Å²) in [7, 11) is 0. The van der Waals surface area contributed by atoms with Gasteiger partial charge in [0.1, 0.15) is 0 Å². The molecule has 2 nitrogen and oxygen atoms in total. The van der Waals surface area contributed by atoms with Gasteiger partial charge in [0.25, 0.3) is 0 Å². The Morgan fingerprint density at radius 3 is 2.71 bits per heavy atom. The third kappa shape index (κ3) is 2.11. The SMILES string of the molecule is CC(c1cc(Cl)on1)C1CCCCC1. The molecule has 0 spiro atoms. The number of halogens is 1. The van der Waals surface area contributed by atoms with Crippen LogP contribution in [0, 0.1) is 5.92 Å². The van der Waals surface area contributed by atoms with Crippen LogP contribution in [0.2, 0.25) is 5.22 Å². The van der Waals surface area contributed by atoms with Gasteiger partial charge in [-0.05, 0) is 30.4 Å². The number of aromatic nitrogens is 1. The van der Waals surface area contributed by atoms with Gasteiger partial charge in [-0.1, -0.05) is 31.3 Å². The van der Waals surface area contributed by atoms with Gasteiger partial charge in [-0.15, -0.1) is 0 Å². The van der Waals surface area contributed by atoms with Crippen molar-refractivity contribution < 1.29 is 4.52 Å². The monoisotopic (exact) mass is 213 g/mol. The van der Waals surface area contributed by atoms with Crippen LogP contribution in [-0.2, 0) is 0 Å². The molecule has 0 saturated heterocycles. The lowest BCUT2D eigenvalue weighted by molar-refractivity contribution is 0.303. The third-order valence-electron chi connectivity index (χ3n) is 3.32. The molecule has 1 heterocycles. The first kappa shape index (κ1) is 10.0. The molecule has 1 fully saturated rings. The Kier molecular flexibility index (Phi) is 3.12. The minimum atomic E-state index is 0.405. The molecule has 0 aromatic carbocycles. The first-order chi connectivity index (χ1) is 6.77. The van der Waals surface area contributed by atoms with Gasteiger partial charge in [-0.2, -0.15) is 0 Å². The topological polar surface area (TPSA) is 26.0 Å². The average molecular weight is 214 g/mol. The second kappa shape index (κ2) is 4.35. The molecular formula is C11H16ClNO. The zero-order chi connectivity index (χ0) is 9.97. The Hall–Kier alpha value is -0.500. The van der Waals surface area contributed by atoms with Gasteiger partial charge in [-0.25, -0.2) is 0 Å². The van der Waals surface area contributed by atoms with E-state index in [1.807, 2.05) is 6.07 Å². The van der Waals surface area contributed by atoms with E-state index in [2.05, 4.69) is 12.1 Å². The van der Waals surface area contributed by atoms with Crippen LogP contribution in [0.4, 0.5) is 0 Å². The van der Waals surface area contributed by atoms with E-state index >= 15 is 0 Å². The van der Waals surface area contributed by atoms with Crippen molar-refractivity contribution in [3.63, 3.8) is 0 Å². The molecule has 0 amide bonds. The van der Waals surface area contributed by atoms with E-state index in [1.54, 1.807) is 0 Å². The second-order valence-corrected chi connectivity index (χ2v) is 4.62. The van der Waals surface area contributed by atoms with Crippen LogP contribution in [0.3, 0.4) is 0 Å². The fourth-order valence-corrected chi connectivity index (χ4v) is 2.50. The van der Waals surface area contributed by atoms with E-state index < -0.39 is 0 Å². The van der Waals surface area contributed by atoms with Gasteiger partial charge < -0.3 is 4.52 Å². The van der Waals surface area contributed by atoms with E-state index in [-0.39, 0.29) is 0 Å². The van der Waals surface area contributed by atoms with Crippen molar-refractivity contribution in [2.24, 2.45) is 5.92 Å². The van der Waals surface area contributed by atoms with Gasteiger partial charge in [0.15, 0.2) is 0 Å². The van der Waals surface area contributed by atoms with E-state index in [1.165, 1.54) is 32.1 Å². The molecule has 1 saturated carbocycles. The number of hydrogen-bond acceptors (Lipinski definition) is 2. The summed E-state index contributed by atoms with van der Waals surface area (Å²) in [6.45, 7) is 2.23. The van der Waals surface area contributed by atoms with Crippen LogP contribution in [0.1, 0.15) is 50.6 Å². The highest BCUT2D eigenvalue weighted by atomic mass is 35.5. The molecule has 1 aromatic rings. The van der Waals surface area contributed by atoms with Gasteiger partial charge in [0, 0.05) is 12.0 Å². The smallest absolute Gasteiger partial charge is 0.226 e. The Morgan fingerprint density at radius 1 is 1.43 bits per heavy atom. The first-order valence-corrected chi connectivity index (χ1v) is 5.77. The van der Waals surface area contributed by atoms with Crippen LogP contribution < -0.4 is 0 Å². The molecule has 1 atom stereocenters. The fourth-order valence-electron chi connectivity index (χ4n) is 2.36. The van der Waals surface area contributed by atoms with Crippen LogP contribution in [0.5, 0.6) is 0 Å². The summed E-state index contributed by atoms with van der Waals surface area (Å²) in [5, 5.41) is 4.39. The van der Waals surface area contributed by atoms with Gasteiger partial charge in [0.05, 0.1) is 5.69 Å². The maximum Gasteiger partial charge on any atom is 0.226 e. The summed E-state index contributed by atoms with van der Waals surface area (Å²) < 4.78 is 4.89. The zero-order valence-corrected chi connectivity index (χ0v) is 9.26. The summed E-state index contributed by atoms with van der Waals surface area (Å²) in [6.07, 6.45) is 6.77. The summed E-state index contributed by atoms with van der Waals surface area (Å²) in [4.78, 5) is 0. The van der Waals surface area contributed by atoms with Crippen molar-refractivity contribution in [1.82, 2.24) is 5.16 Å². The maximum absolute atomic E-state index is 5.71. The normalized spacial score (nSPS) is 21.0. The van der Waals surface area contributed by atoms with E-state index in [0.29, 0.717) is 11.1 Å². The van der Waals surface area contributed by atoms with E-state index in [9.17, 15) is 0 Å². The minimum Gasteiger partial charge on any atom is -0.344 e. The highest BCUT2D eigenvalue weighted by Gasteiger charge is 2.23. The van der Waals surface area contributed by atoms with Gasteiger partial charge >= 0.3 is 0 Å². The standard InChI is InChI=1S/C11H16ClNO/c1-8(9-5-3-2-4-6-9)10-7-11(12)14-13-10/h7-9H,2-6H2,1H3. The van der Waals surface area contributed by atoms with Crippen molar-refractivity contribution in [3.8, 4) is 0 Å². The minimum absolute atomic E-state index is 0.405. The van der Waals surface area contributed by atoms with Gasteiger partial charge in [0.2, 0.25) is 5.22 Å². The van der Waals surface area contributed by atoms with Crippen LogP contribution in [0.25, 0.3) is 0 Å². The highest BCUT2D eigenvalue weighted by molar-refractivity contribution is 6.28. The second-order valence-electron chi connectivity index (χ2n) is 4.24. The number of nitrogens with zero attached hydrogens (tertiary/aromatic N) is 1. The van der Waals surface area contributed by atoms with Gasteiger partial charge in [-0.3, -0.25) is 0 Å². The van der Waals surface area contributed by atoms with E-state index in [4.69, 9.17) is 16.1 Å². The Labute approximate surface area is 89.6 Å². The quantitative estimate of drug-likeness (QED) is 0.742. The summed E-state index contributed by atoms with van der Waals surface area (Å²) >= 11 is 5.71. The fraction of sp³-hybridized carbons (Fsp3) is 0.727. The lowest BCUT2D eigenvalue weighted by atomic mass is 9.79. The molecule has 1 aliphatic carbocycles. The molecule has 1 unspecified atom stereocenters. The van der Waals surface area contributed by atoms with Crippen molar-refractivity contribution in [2.75, 3.05) is 0 Å². The van der Waals surface area contributed by atoms with Crippen molar-refractivity contribution >= 4 is 11.6 Å². The molecule has 14 heavy (non-hydrogen) atoms. The van der Waals surface area contributed by atoms with Crippen LogP contribution in [0.15, 0.2) is 10.6 Å². The first-order valence-electron chi connectivity index (χ1n) is 5.39. The average Bonchev–Trinajstić information content (AvgIpc) is 2.65. The summed E-state index contributed by atoms with van der Waals surface area (Å²) in [6, 6.07) is 1.85. The van der Waals surface area contributed by atoms with Crippen molar-refractivity contribution in [1.29, 1.82) is 0 Å². The van der Waals surface area contributed by atoms with Crippen LogP contribution in [-0.4, -0.2) is 5.16 Å². The lowest BCUT2D eigenvalue weighted by Crippen LogP contribution is -2.13. The molecule has 0 radical (unpaired) electrons. The van der Waals surface area contributed by atoms with Crippen molar-refractivity contribution in [2.45, 2.75) is 44.9 Å². The molecule has 78 valence electrons. The highest BCUT2D eigenvalue weighted by Crippen LogP contribution is 2.35. The summed E-state index contributed by atoms with van der Waals surface area (Å²) in [5.41, 5.74) is 1.02. The predicted molar refractivity (Wildman–Crippen MR) is 56.5 cm³/mol. The van der Waals surface area contributed by atoms with Crippen LogP contribution >= 0.6 is 11.6 Å². The molecule has 0 N–H and O–H groups in total. The Bertz CT molecular complexity index is 291. The molecule has 1 aliphatic rings. The van der Waals surface area contributed by atoms with E-state index in [0.717, 1.165) is 11.6 Å². The third-order valence-corrected chi connectivity index (χ3v) is 3.50. The largest absolute Gasteiger partial charge is 0.344 e. The number of rotatable bonds is 2. The maximum atomic E-state index is 5.71. The predicted octanol–water partition coefficient (Wildman–Crippen LogP) is 4.01. The Morgan fingerprint density at radius 2 is 2.14 bits per heavy atom. The summed E-state index contributed by atoms with van der Waals surface area (Å²) in [5.74, 6) is 1.26. The molecule has 0 bridgehead atoms. The molecule has 0 aliphatic heterocycles. The molecule has 3 heteroatoms. The molecule has 2 rings (SSSR count). The van der Waals surface area contributed by atoms with Crippen molar-refractivity contribution in [3.05, 3.63) is 17.0 Å². The molecule has 1 aromatic heterocycles.